The molecule has 4 nitrogen and oxygen atoms in total. The fourth-order valence-corrected chi connectivity index (χ4v) is 2.53. The second-order valence-corrected chi connectivity index (χ2v) is 5.84. The molecule has 17 heavy (non-hydrogen) atoms. The molecule has 0 bridgehead atoms. The summed E-state index contributed by atoms with van der Waals surface area (Å²) >= 11 is 0. The molecule has 1 heterocycles. The lowest BCUT2D eigenvalue weighted by atomic mass is 10.0. The van der Waals surface area contributed by atoms with Crippen LogP contribution in [0.4, 0.5) is 11.5 Å². The van der Waals surface area contributed by atoms with Crippen molar-refractivity contribution in [1.82, 2.24) is 4.98 Å². The van der Waals surface area contributed by atoms with Crippen molar-refractivity contribution in [3.8, 4) is 0 Å². The summed E-state index contributed by atoms with van der Waals surface area (Å²) < 4.78 is 0. The van der Waals surface area contributed by atoms with Gasteiger partial charge in [-0.2, -0.15) is 0 Å². The van der Waals surface area contributed by atoms with Crippen LogP contribution in [0, 0.1) is 16.7 Å². The van der Waals surface area contributed by atoms with E-state index in [-0.39, 0.29) is 22.7 Å². The molecular formula is C13H19N3O. The Bertz CT molecular complexity index is 434. The molecule has 1 saturated carbocycles. The first kappa shape index (κ1) is 11.9. The number of carbonyl (C=O) groups excluding carboxylic acids is 1. The summed E-state index contributed by atoms with van der Waals surface area (Å²) in [6, 6.07) is 3.45. The van der Waals surface area contributed by atoms with Crippen molar-refractivity contribution in [2.75, 3.05) is 11.1 Å². The van der Waals surface area contributed by atoms with Crippen LogP contribution in [-0.2, 0) is 4.79 Å². The summed E-state index contributed by atoms with van der Waals surface area (Å²) in [4.78, 5) is 16.2. The molecule has 0 radical (unpaired) electrons. The van der Waals surface area contributed by atoms with Gasteiger partial charge in [-0.3, -0.25) is 4.79 Å². The van der Waals surface area contributed by atoms with Gasteiger partial charge in [0.25, 0.3) is 0 Å². The van der Waals surface area contributed by atoms with Crippen molar-refractivity contribution in [3.63, 3.8) is 0 Å². The van der Waals surface area contributed by atoms with Gasteiger partial charge in [-0.15, -0.1) is 0 Å². The van der Waals surface area contributed by atoms with Crippen molar-refractivity contribution >= 4 is 17.4 Å². The van der Waals surface area contributed by atoms with E-state index in [4.69, 9.17) is 5.73 Å². The predicted molar refractivity (Wildman–Crippen MR) is 68.3 cm³/mol. The van der Waals surface area contributed by atoms with E-state index in [1.54, 1.807) is 18.3 Å². The van der Waals surface area contributed by atoms with Gasteiger partial charge >= 0.3 is 0 Å². The molecule has 1 aliphatic carbocycles. The van der Waals surface area contributed by atoms with Gasteiger partial charge < -0.3 is 11.1 Å². The normalized spacial score (nSPS) is 20.9. The largest absolute Gasteiger partial charge is 0.397 e. The van der Waals surface area contributed by atoms with E-state index in [1.807, 2.05) is 0 Å². The molecule has 1 aliphatic rings. The van der Waals surface area contributed by atoms with Gasteiger partial charge in [-0.25, -0.2) is 4.98 Å². The van der Waals surface area contributed by atoms with Crippen LogP contribution in [0.2, 0.25) is 0 Å². The fourth-order valence-electron chi connectivity index (χ4n) is 2.53. The molecule has 1 aromatic rings. The molecule has 0 atom stereocenters. The fraction of sp³-hybridized carbons (Fsp3) is 0.538. The average Bonchev–Trinajstić information content (AvgIpc) is 2.61. The van der Waals surface area contributed by atoms with Gasteiger partial charge in [-0.05, 0) is 23.0 Å². The SMILES string of the molecule is CC1(C)C(C(=O)Nc2ccc(N)cn2)C1(C)C. The predicted octanol–water partition coefficient (Wildman–Crippen LogP) is 2.28. The highest BCUT2D eigenvalue weighted by Crippen LogP contribution is 2.68. The molecule has 1 aromatic heterocycles. The zero-order chi connectivity index (χ0) is 12.8. The number of hydrogen-bond donors (Lipinski definition) is 2. The van der Waals surface area contributed by atoms with Crippen LogP contribution in [0.3, 0.4) is 0 Å². The van der Waals surface area contributed by atoms with Crippen molar-refractivity contribution < 1.29 is 4.79 Å². The maximum absolute atomic E-state index is 12.1. The number of aromatic nitrogens is 1. The Morgan fingerprint density at radius 1 is 1.29 bits per heavy atom. The monoisotopic (exact) mass is 233 g/mol. The Hall–Kier alpha value is -1.58. The van der Waals surface area contributed by atoms with Crippen molar-refractivity contribution in [2.45, 2.75) is 27.7 Å². The van der Waals surface area contributed by atoms with Crippen LogP contribution in [0.25, 0.3) is 0 Å². The third kappa shape index (κ3) is 1.77. The van der Waals surface area contributed by atoms with Crippen molar-refractivity contribution in [1.29, 1.82) is 0 Å². The highest BCUT2D eigenvalue weighted by molar-refractivity contribution is 5.95. The number of nitrogens with one attached hydrogen (secondary N) is 1. The quantitative estimate of drug-likeness (QED) is 0.823. The zero-order valence-electron chi connectivity index (χ0n) is 10.7. The van der Waals surface area contributed by atoms with Gasteiger partial charge in [0.2, 0.25) is 5.91 Å². The highest BCUT2D eigenvalue weighted by atomic mass is 16.2. The summed E-state index contributed by atoms with van der Waals surface area (Å²) in [5.41, 5.74) is 6.23. The minimum absolute atomic E-state index is 0.0364. The number of carbonyl (C=O) groups is 1. The number of hydrogen-bond acceptors (Lipinski definition) is 3. The minimum Gasteiger partial charge on any atom is -0.397 e. The maximum Gasteiger partial charge on any atom is 0.229 e. The standard InChI is InChI=1S/C13H19N3O/c1-12(2)10(13(12,3)4)11(17)16-9-6-5-8(14)7-15-9/h5-7,10H,14H2,1-4H3,(H,15,16,17). The molecule has 2 rings (SSSR count). The van der Waals surface area contributed by atoms with Crippen LogP contribution >= 0.6 is 0 Å². The third-order valence-corrected chi connectivity index (χ3v) is 4.32. The Labute approximate surface area is 102 Å². The van der Waals surface area contributed by atoms with E-state index in [9.17, 15) is 4.79 Å². The number of amides is 1. The Morgan fingerprint density at radius 3 is 2.29 bits per heavy atom. The minimum atomic E-state index is 0.0364. The van der Waals surface area contributed by atoms with E-state index in [2.05, 4.69) is 38.0 Å². The number of nitrogen functional groups attached to an aromatic ring is 1. The second-order valence-electron chi connectivity index (χ2n) is 5.84. The topological polar surface area (TPSA) is 68.0 Å². The molecule has 4 heteroatoms. The first-order valence-electron chi connectivity index (χ1n) is 5.79. The molecule has 0 saturated heterocycles. The van der Waals surface area contributed by atoms with E-state index < -0.39 is 0 Å². The third-order valence-electron chi connectivity index (χ3n) is 4.32. The first-order chi connectivity index (χ1) is 7.76. The van der Waals surface area contributed by atoms with Crippen molar-refractivity contribution in [2.24, 2.45) is 16.7 Å². The molecule has 0 unspecified atom stereocenters. The molecule has 1 fully saturated rings. The summed E-state index contributed by atoms with van der Waals surface area (Å²) in [6.45, 7) is 8.47. The number of rotatable bonds is 2. The zero-order valence-corrected chi connectivity index (χ0v) is 10.7. The second kappa shape index (κ2) is 3.45. The van der Waals surface area contributed by atoms with Gasteiger partial charge in [0.1, 0.15) is 5.82 Å². The molecule has 1 amide bonds. The van der Waals surface area contributed by atoms with Gasteiger partial charge in [-0.1, -0.05) is 27.7 Å². The van der Waals surface area contributed by atoms with Gasteiger partial charge in [0.05, 0.1) is 11.9 Å². The number of anilines is 2. The van der Waals surface area contributed by atoms with Crippen LogP contribution < -0.4 is 11.1 Å². The lowest BCUT2D eigenvalue weighted by molar-refractivity contribution is -0.118. The van der Waals surface area contributed by atoms with Crippen LogP contribution in [0.1, 0.15) is 27.7 Å². The van der Waals surface area contributed by atoms with E-state index in [0.29, 0.717) is 11.5 Å². The smallest absolute Gasteiger partial charge is 0.229 e. The van der Waals surface area contributed by atoms with Gasteiger partial charge in [0.15, 0.2) is 0 Å². The van der Waals surface area contributed by atoms with E-state index in [1.165, 1.54) is 0 Å². The van der Waals surface area contributed by atoms with Crippen LogP contribution in [0.5, 0.6) is 0 Å². The highest BCUT2D eigenvalue weighted by Gasteiger charge is 2.68. The summed E-state index contributed by atoms with van der Waals surface area (Å²) in [6.07, 6.45) is 1.54. The summed E-state index contributed by atoms with van der Waals surface area (Å²) in [5.74, 6) is 0.634. The molecule has 3 N–H and O–H groups in total. The number of nitrogens with zero attached hydrogens (tertiary/aromatic N) is 1. The van der Waals surface area contributed by atoms with Crippen LogP contribution in [0.15, 0.2) is 18.3 Å². The molecule has 0 aromatic carbocycles. The van der Waals surface area contributed by atoms with Crippen molar-refractivity contribution in [3.05, 3.63) is 18.3 Å². The summed E-state index contributed by atoms with van der Waals surface area (Å²) in [7, 11) is 0. The maximum atomic E-state index is 12.1. The molecule has 92 valence electrons. The lowest BCUT2D eigenvalue weighted by Gasteiger charge is -2.05. The van der Waals surface area contributed by atoms with E-state index in [0.717, 1.165) is 0 Å². The van der Waals surface area contributed by atoms with Gasteiger partial charge in [0, 0.05) is 5.92 Å². The van der Waals surface area contributed by atoms with Crippen LogP contribution in [-0.4, -0.2) is 10.9 Å². The Balaban J connectivity index is 2.07. The Morgan fingerprint density at radius 2 is 1.88 bits per heavy atom. The molecular weight excluding hydrogens is 214 g/mol. The van der Waals surface area contributed by atoms with E-state index >= 15 is 0 Å². The Kier molecular flexibility index (Phi) is 2.42. The first-order valence-corrected chi connectivity index (χ1v) is 5.79. The molecule has 0 spiro atoms. The lowest BCUT2D eigenvalue weighted by Crippen LogP contribution is -2.18. The number of nitrogens with two attached hydrogens (primary N) is 1. The molecule has 0 aliphatic heterocycles. The average molecular weight is 233 g/mol. The summed E-state index contributed by atoms with van der Waals surface area (Å²) in [5, 5.41) is 2.84. The number of pyridine rings is 1.